The minimum absolute atomic E-state index is 0. The van der Waals surface area contributed by atoms with Crippen LogP contribution in [0.2, 0.25) is 0 Å². The maximum atomic E-state index is 12.2. The van der Waals surface area contributed by atoms with E-state index in [0.717, 1.165) is 24.5 Å². The molecule has 0 spiro atoms. The Morgan fingerprint density at radius 2 is 2.32 bits per heavy atom. The number of carbonyl (C=O) groups is 1. The highest BCUT2D eigenvalue weighted by Crippen LogP contribution is 2.33. The van der Waals surface area contributed by atoms with Gasteiger partial charge in [-0.3, -0.25) is 10.1 Å². The summed E-state index contributed by atoms with van der Waals surface area (Å²) in [6.07, 6.45) is 4.54. The Labute approximate surface area is 140 Å². The molecule has 0 bridgehead atoms. The third kappa shape index (κ3) is 3.59. The number of nitrogens with zero attached hydrogens (tertiary/aromatic N) is 1. The zero-order valence-corrected chi connectivity index (χ0v) is 14.1. The van der Waals surface area contributed by atoms with E-state index in [9.17, 15) is 4.79 Å². The summed E-state index contributed by atoms with van der Waals surface area (Å²) >= 11 is 1.61. The first-order chi connectivity index (χ1) is 10.2. The molecule has 6 heteroatoms. The largest absolute Gasteiger partial charge is 0.399 e. The quantitative estimate of drug-likeness (QED) is 0.834. The number of nitrogen functional groups attached to an aromatic ring is 1. The fourth-order valence-corrected chi connectivity index (χ4v) is 3.81. The molecule has 0 fully saturated rings. The standard InChI is InChI=1S/C16H19N3OS.ClH/c1-2-10-6-7-13-14(8-10)21-16(18-13)19-15(20)11-4-3-5-12(17)9-11;/h3-5,9-10H,2,6-8,17H2,1H3,(H,18,19,20);1H. The number of hydrogen-bond acceptors (Lipinski definition) is 4. The van der Waals surface area contributed by atoms with Crippen molar-refractivity contribution < 1.29 is 4.79 Å². The van der Waals surface area contributed by atoms with E-state index in [2.05, 4.69) is 17.2 Å². The SMILES string of the molecule is CCC1CCc2nc(NC(=O)c3cccc(N)c3)sc2C1.Cl. The molecule has 1 unspecified atom stereocenters. The molecule has 1 atom stereocenters. The van der Waals surface area contributed by atoms with E-state index in [0.29, 0.717) is 16.4 Å². The lowest BCUT2D eigenvalue weighted by Crippen LogP contribution is -2.12. The lowest BCUT2D eigenvalue weighted by molar-refractivity contribution is 0.102. The van der Waals surface area contributed by atoms with Gasteiger partial charge in [0, 0.05) is 16.1 Å². The number of rotatable bonds is 3. The third-order valence-electron chi connectivity index (χ3n) is 3.99. The van der Waals surface area contributed by atoms with Crippen molar-refractivity contribution in [3.63, 3.8) is 0 Å². The first-order valence-electron chi connectivity index (χ1n) is 7.31. The molecule has 0 saturated heterocycles. The van der Waals surface area contributed by atoms with Gasteiger partial charge in [0.15, 0.2) is 5.13 Å². The number of fused-ring (bicyclic) bond motifs is 1. The molecule has 0 radical (unpaired) electrons. The van der Waals surface area contributed by atoms with E-state index >= 15 is 0 Å². The van der Waals surface area contributed by atoms with Gasteiger partial charge in [-0.15, -0.1) is 23.7 Å². The van der Waals surface area contributed by atoms with Crippen LogP contribution in [0.15, 0.2) is 24.3 Å². The van der Waals surface area contributed by atoms with Crippen molar-refractivity contribution >= 4 is 40.5 Å². The molecule has 1 aromatic heterocycles. The summed E-state index contributed by atoms with van der Waals surface area (Å²) in [7, 11) is 0. The number of aryl methyl sites for hydroxylation is 1. The van der Waals surface area contributed by atoms with Crippen molar-refractivity contribution in [2.24, 2.45) is 5.92 Å². The summed E-state index contributed by atoms with van der Waals surface area (Å²) in [6.45, 7) is 2.24. The molecule has 1 amide bonds. The number of carbonyl (C=O) groups excluding carboxylic acids is 1. The minimum Gasteiger partial charge on any atom is -0.399 e. The van der Waals surface area contributed by atoms with Crippen LogP contribution in [0.4, 0.5) is 10.8 Å². The van der Waals surface area contributed by atoms with Gasteiger partial charge in [-0.2, -0.15) is 0 Å². The van der Waals surface area contributed by atoms with Gasteiger partial charge >= 0.3 is 0 Å². The predicted molar refractivity (Wildman–Crippen MR) is 94.0 cm³/mol. The van der Waals surface area contributed by atoms with Gasteiger partial charge in [0.1, 0.15) is 0 Å². The number of benzene rings is 1. The number of aromatic nitrogens is 1. The molecule has 1 heterocycles. The maximum absolute atomic E-state index is 12.2. The van der Waals surface area contributed by atoms with Crippen molar-refractivity contribution in [1.29, 1.82) is 0 Å². The van der Waals surface area contributed by atoms with Crippen molar-refractivity contribution in [2.45, 2.75) is 32.6 Å². The fraction of sp³-hybridized carbons (Fsp3) is 0.375. The van der Waals surface area contributed by atoms with Crippen molar-refractivity contribution in [3.05, 3.63) is 40.4 Å². The van der Waals surface area contributed by atoms with Gasteiger partial charge in [-0.05, 0) is 43.4 Å². The molecule has 22 heavy (non-hydrogen) atoms. The van der Waals surface area contributed by atoms with Crippen LogP contribution in [-0.4, -0.2) is 10.9 Å². The van der Waals surface area contributed by atoms with Crippen LogP contribution >= 0.6 is 23.7 Å². The highest BCUT2D eigenvalue weighted by atomic mass is 35.5. The molecule has 1 aliphatic rings. The van der Waals surface area contributed by atoms with E-state index in [1.807, 2.05) is 0 Å². The monoisotopic (exact) mass is 337 g/mol. The summed E-state index contributed by atoms with van der Waals surface area (Å²) < 4.78 is 0. The zero-order valence-electron chi connectivity index (χ0n) is 12.5. The van der Waals surface area contributed by atoms with E-state index < -0.39 is 0 Å². The van der Waals surface area contributed by atoms with Crippen molar-refractivity contribution in [1.82, 2.24) is 4.98 Å². The molecule has 4 nitrogen and oxygen atoms in total. The Morgan fingerprint density at radius 1 is 1.50 bits per heavy atom. The second-order valence-corrected chi connectivity index (χ2v) is 6.57. The molecule has 1 aliphatic carbocycles. The number of nitrogens with two attached hydrogens (primary N) is 1. The Kier molecular flexibility index (Phi) is 5.42. The van der Waals surface area contributed by atoms with Crippen molar-refractivity contribution in [2.75, 3.05) is 11.1 Å². The normalized spacial score (nSPS) is 16.5. The van der Waals surface area contributed by atoms with Crippen LogP contribution < -0.4 is 11.1 Å². The lowest BCUT2D eigenvalue weighted by atomic mass is 9.89. The molecule has 0 saturated carbocycles. The zero-order chi connectivity index (χ0) is 14.8. The van der Waals surface area contributed by atoms with E-state index in [1.54, 1.807) is 35.6 Å². The molecule has 3 N–H and O–H groups in total. The van der Waals surface area contributed by atoms with Crippen LogP contribution in [0.25, 0.3) is 0 Å². The molecule has 3 rings (SSSR count). The number of anilines is 2. The van der Waals surface area contributed by atoms with E-state index in [4.69, 9.17) is 5.73 Å². The molecule has 2 aromatic rings. The summed E-state index contributed by atoms with van der Waals surface area (Å²) in [5.41, 5.74) is 8.02. The number of nitrogens with one attached hydrogen (secondary N) is 1. The highest BCUT2D eigenvalue weighted by molar-refractivity contribution is 7.15. The van der Waals surface area contributed by atoms with Crippen LogP contribution in [0.3, 0.4) is 0 Å². The van der Waals surface area contributed by atoms with Gasteiger partial charge in [-0.1, -0.05) is 19.4 Å². The summed E-state index contributed by atoms with van der Waals surface area (Å²) in [4.78, 5) is 18.1. The minimum atomic E-state index is -0.152. The number of halogens is 1. The molecule has 1 aromatic carbocycles. The van der Waals surface area contributed by atoms with Gasteiger partial charge < -0.3 is 5.73 Å². The average Bonchev–Trinajstić information content (AvgIpc) is 2.88. The second-order valence-electron chi connectivity index (χ2n) is 5.49. The molecular weight excluding hydrogens is 318 g/mol. The van der Waals surface area contributed by atoms with Crippen LogP contribution in [0, 0.1) is 5.92 Å². The van der Waals surface area contributed by atoms with Crippen LogP contribution in [0.1, 0.15) is 40.7 Å². The first-order valence-corrected chi connectivity index (χ1v) is 8.13. The number of thiazole rings is 1. The average molecular weight is 338 g/mol. The van der Waals surface area contributed by atoms with Gasteiger partial charge in [0.25, 0.3) is 5.91 Å². The van der Waals surface area contributed by atoms with Gasteiger partial charge in [0.05, 0.1) is 5.69 Å². The van der Waals surface area contributed by atoms with E-state index in [-0.39, 0.29) is 18.3 Å². The Bertz CT molecular complexity index is 671. The topological polar surface area (TPSA) is 68.0 Å². The smallest absolute Gasteiger partial charge is 0.257 e. The molecular formula is C16H20ClN3OS. The first kappa shape index (κ1) is 16.8. The van der Waals surface area contributed by atoms with Crippen LogP contribution in [0.5, 0.6) is 0 Å². The summed E-state index contributed by atoms with van der Waals surface area (Å²) in [5, 5.41) is 3.59. The summed E-state index contributed by atoms with van der Waals surface area (Å²) in [5.74, 6) is 0.607. The van der Waals surface area contributed by atoms with Crippen LogP contribution in [-0.2, 0) is 12.8 Å². The number of amides is 1. The Morgan fingerprint density at radius 3 is 3.05 bits per heavy atom. The van der Waals surface area contributed by atoms with E-state index in [1.165, 1.54) is 17.7 Å². The van der Waals surface area contributed by atoms with Gasteiger partial charge in [-0.25, -0.2) is 4.98 Å². The second kappa shape index (κ2) is 7.11. The van der Waals surface area contributed by atoms with Crippen molar-refractivity contribution in [3.8, 4) is 0 Å². The maximum Gasteiger partial charge on any atom is 0.257 e. The highest BCUT2D eigenvalue weighted by Gasteiger charge is 2.22. The lowest BCUT2D eigenvalue weighted by Gasteiger charge is -2.18. The Balaban J connectivity index is 0.00000176. The fourth-order valence-electron chi connectivity index (χ4n) is 2.69. The number of hydrogen-bond donors (Lipinski definition) is 2. The predicted octanol–water partition coefficient (Wildman–Crippen LogP) is 3.91. The molecule has 0 aliphatic heterocycles. The third-order valence-corrected chi connectivity index (χ3v) is 5.02. The molecule has 118 valence electrons. The van der Waals surface area contributed by atoms with Gasteiger partial charge in [0.2, 0.25) is 0 Å². The summed E-state index contributed by atoms with van der Waals surface area (Å²) in [6, 6.07) is 6.98. The Hall–Kier alpha value is -1.59.